The Bertz CT molecular complexity index is 1170. The number of hydrogen-bond donors (Lipinski definition) is 1. The van der Waals surface area contributed by atoms with E-state index in [9.17, 15) is 9.59 Å². The van der Waals surface area contributed by atoms with Gasteiger partial charge in [-0.15, -0.1) is 0 Å². The van der Waals surface area contributed by atoms with Crippen LogP contribution in [0.2, 0.25) is 5.02 Å². The molecule has 0 aromatic heterocycles. The van der Waals surface area contributed by atoms with Crippen LogP contribution in [0.1, 0.15) is 48.6 Å². The minimum absolute atomic E-state index is 0.108. The van der Waals surface area contributed by atoms with Crippen molar-refractivity contribution in [3.05, 3.63) is 106 Å². The van der Waals surface area contributed by atoms with Gasteiger partial charge in [0.1, 0.15) is 6.04 Å². The maximum Gasteiger partial charge on any atom is 0.243 e. The van der Waals surface area contributed by atoms with Crippen LogP contribution >= 0.6 is 11.6 Å². The van der Waals surface area contributed by atoms with Gasteiger partial charge in [-0.1, -0.05) is 83.9 Å². The van der Waals surface area contributed by atoms with Crippen LogP contribution < -0.4 is 5.32 Å². The fourth-order valence-electron chi connectivity index (χ4n) is 4.07. The first-order chi connectivity index (χ1) is 16.5. The van der Waals surface area contributed by atoms with Gasteiger partial charge in [-0.25, -0.2) is 0 Å². The Balaban J connectivity index is 2.03. The van der Waals surface area contributed by atoms with E-state index >= 15 is 0 Å². The van der Waals surface area contributed by atoms with E-state index in [1.165, 1.54) is 0 Å². The van der Waals surface area contributed by atoms with Crippen molar-refractivity contribution in [2.75, 3.05) is 0 Å². The molecule has 2 amide bonds. The van der Waals surface area contributed by atoms with Crippen LogP contribution in [0.4, 0.5) is 0 Å². The predicted molar refractivity (Wildman–Crippen MR) is 143 cm³/mol. The molecule has 184 valence electrons. The molecule has 5 heteroatoms. The molecule has 0 aliphatic heterocycles. The van der Waals surface area contributed by atoms with Crippen molar-refractivity contribution in [1.82, 2.24) is 10.2 Å². The molecule has 0 radical (unpaired) electrons. The fourth-order valence-corrected chi connectivity index (χ4v) is 4.27. The summed E-state index contributed by atoms with van der Waals surface area (Å²) in [5.41, 5.74) is 4.49. The van der Waals surface area contributed by atoms with Crippen LogP contribution in [0.5, 0.6) is 0 Å². The van der Waals surface area contributed by atoms with Crippen LogP contribution in [0.25, 0.3) is 0 Å². The molecule has 0 aliphatic rings. The Kier molecular flexibility index (Phi) is 8.74. The summed E-state index contributed by atoms with van der Waals surface area (Å²) in [7, 11) is 0. The fraction of sp³-hybridized carbons (Fsp3) is 0.333. The molecule has 4 nitrogen and oxygen atoms in total. The van der Waals surface area contributed by atoms with Gasteiger partial charge < -0.3 is 10.2 Å². The van der Waals surface area contributed by atoms with Gasteiger partial charge in [0.25, 0.3) is 0 Å². The van der Waals surface area contributed by atoms with Gasteiger partial charge in [0.2, 0.25) is 11.8 Å². The van der Waals surface area contributed by atoms with Crippen molar-refractivity contribution in [3.63, 3.8) is 0 Å². The minimum Gasteiger partial charge on any atom is -0.350 e. The summed E-state index contributed by atoms with van der Waals surface area (Å²) in [6.45, 7) is 10.1. The number of benzene rings is 3. The number of aryl methyl sites for hydroxylation is 2. The highest BCUT2D eigenvalue weighted by Crippen LogP contribution is 2.22. The average molecular weight is 491 g/mol. The third-order valence-electron chi connectivity index (χ3n) is 5.91. The number of rotatable bonds is 8. The lowest BCUT2D eigenvalue weighted by Gasteiger charge is -2.34. The summed E-state index contributed by atoms with van der Waals surface area (Å²) >= 11 is 6.49. The Morgan fingerprint density at radius 1 is 0.914 bits per heavy atom. The standard InChI is InChI=1S/C30H35ClN2O2/c1-21-15-16-22(2)25(17-21)19-28(34)33(20-24-13-9-10-14-26(24)31)27(29(35)32-30(3,4)5)18-23-11-7-6-8-12-23/h6-17,27H,18-20H2,1-5H3,(H,32,35)/t27-/m1/s1. The van der Waals surface area contributed by atoms with Gasteiger partial charge in [-0.05, 0) is 62.9 Å². The molecule has 3 aromatic carbocycles. The molecule has 3 aromatic rings. The topological polar surface area (TPSA) is 49.4 Å². The Morgan fingerprint density at radius 2 is 1.57 bits per heavy atom. The molecule has 3 rings (SSSR count). The number of carbonyl (C=O) groups is 2. The molecule has 0 aliphatic carbocycles. The van der Waals surface area contributed by atoms with E-state index in [1.54, 1.807) is 4.90 Å². The predicted octanol–water partition coefficient (Wildman–Crippen LogP) is 6.05. The maximum atomic E-state index is 13.9. The van der Waals surface area contributed by atoms with Crippen molar-refractivity contribution in [3.8, 4) is 0 Å². The summed E-state index contributed by atoms with van der Waals surface area (Å²) in [6, 6.07) is 22.7. The summed E-state index contributed by atoms with van der Waals surface area (Å²) in [4.78, 5) is 29.2. The van der Waals surface area contributed by atoms with Crippen LogP contribution in [0.3, 0.4) is 0 Å². The molecule has 0 fully saturated rings. The van der Waals surface area contributed by atoms with Crippen molar-refractivity contribution in [1.29, 1.82) is 0 Å². The van der Waals surface area contributed by atoms with E-state index < -0.39 is 11.6 Å². The van der Waals surface area contributed by atoms with Crippen LogP contribution in [-0.4, -0.2) is 28.3 Å². The van der Waals surface area contributed by atoms with Gasteiger partial charge in [-0.3, -0.25) is 9.59 Å². The normalized spacial score (nSPS) is 12.2. The molecular formula is C30H35ClN2O2. The SMILES string of the molecule is Cc1ccc(C)c(CC(=O)N(Cc2ccccc2Cl)[C@H](Cc2ccccc2)C(=O)NC(C)(C)C)c1. The Labute approximate surface area is 214 Å². The summed E-state index contributed by atoms with van der Waals surface area (Å²) < 4.78 is 0. The third-order valence-corrected chi connectivity index (χ3v) is 6.28. The Hall–Kier alpha value is -3.11. The van der Waals surface area contributed by atoms with Gasteiger partial charge in [0.05, 0.1) is 6.42 Å². The van der Waals surface area contributed by atoms with Crippen molar-refractivity contribution in [2.45, 2.75) is 65.6 Å². The molecular weight excluding hydrogens is 456 g/mol. The molecule has 0 saturated heterocycles. The highest BCUT2D eigenvalue weighted by molar-refractivity contribution is 6.31. The lowest BCUT2D eigenvalue weighted by atomic mass is 9.98. The molecule has 1 atom stereocenters. The first-order valence-corrected chi connectivity index (χ1v) is 12.4. The number of halogens is 1. The third kappa shape index (κ3) is 7.69. The van der Waals surface area contributed by atoms with Crippen molar-refractivity contribution in [2.24, 2.45) is 0 Å². The number of nitrogens with one attached hydrogen (secondary N) is 1. The summed E-state index contributed by atoms with van der Waals surface area (Å²) in [6.07, 6.45) is 0.623. The number of carbonyl (C=O) groups excluding carboxylic acids is 2. The first-order valence-electron chi connectivity index (χ1n) is 12.0. The van der Waals surface area contributed by atoms with Crippen LogP contribution in [0, 0.1) is 13.8 Å². The number of amides is 2. The van der Waals surface area contributed by atoms with Gasteiger partial charge >= 0.3 is 0 Å². The smallest absolute Gasteiger partial charge is 0.243 e. The molecule has 0 spiro atoms. The quantitative estimate of drug-likeness (QED) is 0.417. The average Bonchev–Trinajstić information content (AvgIpc) is 2.79. The highest BCUT2D eigenvalue weighted by atomic mass is 35.5. The molecule has 0 heterocycles. The lowest BCUT2D eigenvalue weighted by Crippen LogP contribution is -2.54. The second-order valence-corrected chi connectivity index (χ2v) is 10.6. The van der Waals surface area contributed by atoms with E-state index in [1.807, 2.05) is 107 Å². The monoisotopic (exact) mass is 490 g/mol. The highest BCUT2D eigenvalue weighted by Gasteiger charge is 2.32. The van der Waals surface area contributed by atoms with E-state index in [-0.39, 0.29) is 24.8 Å². The van der Waals surface area contributed by atoms with Gasteiger partial charge in [-0.2, -0.15) is 0 Å². The lowest BCUT2D eigenvalue weighted by molar-refractivity contribution is -0.141. The zero-order chi connectivity index (χ0) is 25.6. The molecule has 0 saturated carbocycles. The molecule has 0 bridgehead atoms. The zero-order valence-corrected chi connectivity index (χ0v) is 22.0. The van der Waals surface area contributed by atoms with Gasteiger partial charge in [0.15, 0.2) is 0 Å². The van der Waals surface area contributed by atoms with E-state index in [0.717, 1.165) is 27.8 Å². The Morgan fingerprint density at radius 3 is 2.23 bits per heavy atom. The first kappa shape index (κ1) is 26.5. The second-order valence-electron chi connectivity index (χ2n) is 10.2. The van der Waals surface area contributed by atoms with Gasteiger partial charge in [0, 0.05) is 23.5 Å². The minimum atomic E-state index is -0.689. The van der Waals surface area contributed by atoms with E-state index in [4.69, 9.17) is 11.6 Å². The van der Waals surface area contributed by atoms with Crippen molar-refractivity contribution < 1.29 is 9.59 Å². The largest absolute Gasteiger partial charge is 0.350 e. The van der Waals surface area contributed by atoms with Crippen molar-refractivity contribution >= 4 is 23.4 Å². The van der Waals surface area contributed by atoms with E-state index in [0.29, 0.717) is 11.4 Å². The zero-order valence-electron chi connectivity index (χ0n) is 21.3. The molecule has 1 N–H and O–H groups in total. The summed E-state index contributed by atoms with van der Waals surface area (Å²) in [5.74, 6) is -0.286. The maximum absolute atomic E-state index is 13.9. The van der Waals surface area contributed by atoms with Crippen LogP contribution in [-0.2, 0) is 29.0 Å². The molecule has 35 heavy (non-hydrogen) atoms. The number of hydrogen-bond acceptors (Lipinski definition) is 2. The van der Waals surface area contributed by atoms with Crippen LogP contribution in [0.15, 0.2) is 72.8 Å². The molecule has 0 unspecified atom stereocenters. The second kappa shape index (κ2) is 11.5. The summed E-state index contributed by atoms with van der Waals surface area (Å²) in [5, 5.41) is 3.67. The number of nitrogens with zero attached hydrogens (tertiary/aromatic N) is 1. The van der Waals surface area contributed by atoms with E-state index in [2.05, 4.69) is 5.32 Å².